The Hall–Kier alpha value is -2.75. The minimum absolute atomic E-state index is 0.201. The van der Waals surface area contributed by atoms with Crippen LogP contribution in [0.5, 0.6) is 11.5 Å². The Kier molecular flexibility index (Phi) is 7.88. The number of nitrogens with zero attached hydrogens (tertiary/aromatic N) is 2. The molecule has 1 aromatic heterocycles. The number of aryl methyl sites for hydroxylation is 1. The number of methoxy groups -OCH3 is 1. The highest BCUT2D eigenvalue weighted by Gasteiger charge is 2.22. The first kappa shape index (κ1) is 25.3. The van der Waals surface area contributed by atoms with Crippen molar-refractivity contribution in [2.45, 2.75) is 31.9 Å². The number of primary sulfonamides is 1. The number of sulfonamides is 1. The van der Waals surface area contributed by atoms with E-state index in [1.54, 1.807) is 6.07 Å². The topological polar surface area (TPSA) is 94.8 Å². The minimum atomic E-state index is -3.75. The molecule has 0 atom stereocenters. The molecule has 0 bridgehead atoms. The Bertz CT molecular complexity index is 1290. The molecule has 2 heterocycles. The third-order valence-corrected chi connectivity index (χ3v) is 7.23. The van der Waals surface area contributed by atoms with E-state index in [4.69, 9.17) is 14.6 Å². The van der Waals surface area contributed by atoms with Gasteiger partial charge in [-0.05, 0) is 81.1 Å². The van der Waals surface area contributed by atoms with Gasteiger partial charge in [-0.25, -0.2) is 17.9 Å². The summed E-state index contributed by atoms with van der Waals surface area (Å²) in [5, 5.41) is 6.21. The first-order valence-corrected chi connectivity index (χ1v) is 13.5. The molecule has 3 aromatic rings. The summed E-state index contributed by atoms with van der Waals surface area (Å²) in [5.41, 5.74) is 2.81. The number of rotatable bonds is 9. The van der Waals surface area contributed by atoms with Crippen molar-refractivity contribution in [3.8, 4) is 11.5 Å². The summed E-state index contributed by atoms with van der Waals surface area (Å²) in [6.07, 6.45) is 2.43. The first-order chi connectivity index (χ1) is 16.7. The number of pyridine rings is 1. The lowest BCUT2D eigenvalue weighted by Gasteiger charge is -2.32. The van der Waals surface area contributed by atoms with Crippen LogP contribution in [-0.4, -0.2) is 51.7 Å². The molecule has 9 heteroatoms. The maximum atomic E-state index is 14.7. The normalized spacial score (nSPS) is 15.4. The van der Waals surface area contributed by atoms with Gasteiger partial charge in [-0.15, -0.1) is 0 Å². The SMILES string of the molecule is COc1cc(F)c(CC2CCN(CCOc3cccc4nc(C)ccc34)CC2)cc1CS(N)(=O)=O. The van der Waals surface area contributed by atoms with Crippen molar-refractivity contribution in [2.75, 3.05) is 33.4 Å². The predicted octanol–water partition coefficient (Wildman–Crippen LogP) is 3.81. The van der Waals surface area contributed by atoms with E-state index in [1.165, 1.54) is 13.2 Å². The monoisotopic (exact) mass is 501 g/mol. The van der Waals surface area contributed by atoms with Crippen LogP contribution < -0.4 is 14.6 Å². The lowest BCUT2D eigenvalue weighted by molar-refractivity contribution is 0.155. The van der Waals surface area contributed by atoms with Crippen LogP contribution in [-0.2, 0) is 22.2 Å². The number of piperidine rings is 1. The van der Waals surface area contributed by atoms with E-state index in [9.17, 15) is 12.8 Å². The van der Waals surface area contributed by atoms with Crippen molar-refractivity contribution in [3.05, 3.63) is 65.1 Å². The summed E-state index contributed by atoms with van der Waals surface area (Å²) >= 11 is 0. The molecule has 1 aliphatic heterocycles. The summed E-state index contributed by atoms with van der Waals surface area (Å²) < 4.78 is 49.0. The van der Waals surface area contributed by atoms with Crippen molar-refractivity contribution in [1.82, 2.24) is 9.88 Å². The van der Waals surface area contributed by atoms with Gasteiger partial charge in [0.25, 0.3) is 0 Å². The van der Waals surface area contributed by atoms with Gasteiger partial charge in [0.1, 0.15) is 23.9 Å². The van der Waals surface area contributed by atoms with E-state index < -0.39 is 10.0 Å². The fraction of sp³-hybridized carbons (Fsp3) is 0.423. The number of fused-ring (bicyclic) bond motifs is 1. The molecule has 0 radical (unpaired) electrons. The summed E-state index contributed by atoms with van der Waals surface area (Å²) in [4.78, 5) is 6.92. The second-order valence-corrected chi connectivity index (χ2v) is 10.8. The van der Waals surface area contributed by atoms with Crippen LogP contribution in [0.4, 0.5) is 4.39 Å². The number of aromatic nitrogens is 1. The highest BCUT2D eigenvalue weighted by atomic mass is 32.2. The van der Waals surface area contributed by atoms with Crippen molar-refractivity contribution < 1.29 is 22.3 Å². The van der Waals surface area contributed by atoms with Crippen LogP contribution in [0.15, 0.2) is 42.5 Å². The Labute approximate surface area is 206 Å². The molecular weight excluding hydrogens is 469 g/mol. The van der Waals surface area contributed by atoms with Gasteiger partial charge in [0, 0.05) is 29.3 Å². The van der Waals surface area contributed by atoms with Gasteiger partial charge in [-0.1, -0.05) is 6.07 Å². The van der Waals surface area contributed by atoms with Crippen LogP contribution in [0.25, 0.3) is 10.9 Å². The lowest BCUT2D eigenvalue weighted by atomic mass is 9.89. The molecule has 0 unspecified atom stereocenters. The summed E-state index contributed by atoms with van der Waals surface area (Å²) in [5.74, 6) is 0.608. The van der Waals surface area contributed by atoms with Gasteiger partial charge in [0.05, 0.1) is 18.4 Å². The molecule has 4 rings (SSSR count). The molecule has 1 saturated heterocycles. The minimum Gasteiger partial charge on any atom is -0.496 e. The highest BCUT2D eigenvalue weighted by Crippen LogP contribution is 2.29. The number of ether oxygens (including phenoxy) is 2. The third-order valence-electron chi connectivity index (χ3n) is 6.52. The smallest absolute Gasteiger partial charge is 0.213 e. The third kappa shape index (κ3) is 6.68. The number of hydrogen-bond donors (Lipinski definition) is 1. The maximum Gasteiger partial charge on any atom is 0.213 e. The van der Waals surface area contributed by atoms with Gasteiger partial charge in [0.15, 0.2) is 0 Å². The van der Waals surface area contributed by atoms with Gasteiger partial charge >= 0.3 is 0 Å². The zero-order valence-electron chi connectivity index (χ0n) is 20.2. The van der Waals surface area contributed by atoms with Gasteiger partial charge in [0.2, 0.25) is 10.0 Å². The molecule has 188 valence electrons. The van der Waals surface area contributed by atoms with Crippen LogP contribution in [0, 0.1) is 18.7 Å². The molecule has 35 heavy (non-hydrogen) atoms. The van der Waals surface area contributed by atoms with Crippen molar-refractivity contribution in [1.29, 1.82) is 0 Å². The molecule has 1 fully saturated rings. The molecule has 0 spiro atoms. The summed E-state index contributed by atoms with van der Waals surface area (Å²) in [6, 6.07) is 12.8. The van der Waals surface area contributed by atoms with Crippen LogP contribution in [0.1, 0.15) is 29.7 Å². The van der Waals surface area contributed by atoms with Gasteiger partial charge in [-0.3, -0.25) is 9.88 Å². The van der Waals surface area contributed by atoms with Crippen LogP contribution in [0.2, 0.25) is 0 Å². The summed E-state index contributed by atoms with van der Waals surface area (Å²) in [7, 11) is -2.36. The fourth-order valence-corrected chi connectivity index (χ4v) is 5.35. The van der Waals surface area contributed by atoms with E-state index in [1.807, 2.05) is 37.3 Å². The zero-order chi connectivity index (χ0) is 25.0. The molecule has 0 saturated carbocycles. The zero-order valence-corrected chi connectivity index (χ0v) is 21.0. The van der Waals surface area contributed by atoms with E-state index in [0.29, 0.717) is 30.1 Å². The fourth-order valence-electron chi connectivity index (χ4n) is 4.69. The molecule has 0 amide bonds. The van der Waals surface area contributed by atoms with Gasteiger partial charge < -0.3 is 9.47 Å². The molecule has 2 N–H and O–H groups in total. The highest BCUT2D eigenvalue weighted by molar-refractivity contribution is 7.88. The van der Waals surface area contributed by atoms with E-state index in [-0.39, 0.29) is 17.3 Å². The average molecular weight is 502 g/mol. The van der Waals surface area contributed by atoms with E-state index in [2.05, 4.69) is 9.88 Å². The Morgan fingerprint density at radius 1 is 1.11 bits per heavy atom. The number of benzene rings is 2. The van der Waals surface area contributed by atoms with Gasteiger partial charge in [-0.2, -0.15) is 0 Å². The quantitative estimate of drug-likeness (QED) is 0.479. The first-order valence-electron chi connectivity index (χ1n) is 11.8. The van der Waals surface area contributed by atoms with Crippen molar-refractivity contribution in [2.24, 2.45) is 11.1 Å². The Morgan fingerprint density at radius 2 is 1.89 bits per heavy atom. The van der Waals surface area contributed by atoms with Crippen molar-refractivity contribution >= 4 is 20.9 Å². The lowest BCUT2D eigenvalue weighted by Crippen LogP contribution is -2.37. The Balaban J connectivity index is 1.30. The van der Waals surface area contributed by atoms with Crippen molar-refractivity contribution in [3.63, 3.8) is 0 Å². The largest absolute Gasteiger partial charge is 0.496 e. The average Bonchev–Trinajstić information content (AvgIpc) is 2.81. The summed E-state index contributed by atoms with van der Waals surface area (Å²) in [6.45, 7) is 5.20. The number of likely N-dealkylation sites (tertiary alicyclic amines) is 1. The standard InChI is InChI=1S/C26H32FN3O4S/c1-18-6-7-22-24(29-18)4-3-5-25(22)34-13-12-30-10-8-19(9-11-30)14-20-15-21(17-35(28,31)32)26(33-2)16-23(20)27/h3-7,15-16,19H,8-14,17H2,1-2H3,(H2,28,31,32). The Morgan fingerprint density at radius 3 is 2.60 bits per heavy atom. The second-order valence-electron chi connectivity index (χ2n) is 9.18. The maximum absolute atomic E-state index is 14.7. The van der Waals surface area contributed by atoms with E-state index >= 15 is 0 Å². The van der Waals surface area contributed by atoms with Crippen LogP contribution in [0.3, 0.4) is 0 Å². The molecule has 1 aliphatic rings. The number of nitrogens with two attached hydrogens (primary N) is 1. The predicted molar refractivity (Wildman–Crippen MR) is 135 cm³/mol. The molecule has 7 nitrogen and oxygen atoms in total. The number of hydrogen-bond acceptors (Lipinski definition) is 6. The van der Waals surface area contributed by atoms with Crippen LogP contribution >= 0.6 is 0 Å². The molecule has 0 aliphatic carbocycles. The van der Waals surface area contributed by atoms with E-state index in [0.717, 1.165) is 54.8 Å². The number of halogens is 1. The molecular formula is C26H32FN3O4S. The second kappa shape index (κ2) is 10.9. The molecule has 2 aromatic carbocycles.